The van der Waals surface area contributed by atoms with Gasteiger partial charge in [0.05, 0.1) is 12.0 Å². The molecule has 0 aliphatic rings. The second-order valence-corrected chi connectivity index (χ2v) is 5.09. The Bertz CT molecular complexity index is 533. The van der Waals surface area contributed by atoms with E-state index in [-0.39, 0.29) is 0 Å². The number of carboxylic acid groups (broad SMARTS) is 1. The zero-order valence-corrected chi connectivity index (χ0v) is 12.6. The highest BCUT2D eigenvalue weighted by atomic mass is 19.4. The maximum Gasteiger partial charge on any atom is 0.411 e. The number of halogens is 3. The van der Waals surface area contributed by atoms with Crippen molar-refractivity contribution in [3.8, 4) is 0 Å². The van der Waals surface area contributed by atoms with Crippen molar-refractivity contribution < 1.29 is 32.6 Å². The molecule has 0 bridgehead atoms. The molecular formula is C15H18F3NO4. The number of benzene rings is 1. The minimum absolute atomic E-state index is 0.541. The SMILES string of the molecule is CC(OCC(F)(F)F)C(=O)NC(c1ccccc1)C(C)C(=O)O. The Morgan fingerprint density at radius 2 is 1.78 bits per heavy atom. The molecule has 0 aliphatic heterocycles. The highest BCUT2D eigenvalue weighted by molar-refractivity contribution is 5.82. The Kier molecular flexibility index (Phi) is 6.56. The fourth-order valence-corrected chi connectivity index (χ4v) is 1.87. The summed E-state index contributed by atoms with van der Waals surface area (Å²) in [4.78, 5) is 23.2. The summed E-state index contributed by atoms with van der Waals surface area (Å²) in [6.07, 6.45) is -5.90. The van der Waals surface area contributed by atoms with Crippen LogP contribution in [0.2, 0.25) is 0 Å². The smallest absolute Gasteiger partial charge is 0.411 e. The number of hydrogen-bond donors (Lipinski definition) is 2. The van der Waals surface area contributed by atoms with Gasteiger partial charge in [0.2, 0.25) is 5.91 Å². The lowest BCUT2D eigenvalue weighted by atomic mass is 9.94. The molecule has 1 aromatic rings. The third-order valence-electron chi connectivity index (χ3n) is 3.21. The Balaban J connectivity index is 2.81. The fourth-order valence-electron chi connectivity index (χ4n) is 1.87. The van der Waals surface area contributed by atoms with Gasteiger partial charge in [-0.05, 0) is 19.4 Å². The topological polar surface area (TPSA) is 75.6 Å². The maximum absolute atomic E-state index is 12.1. The van der Waals surface area contributed by atoms with Crippen molar-refractivity contribution in [1.29, 1.82) is 0 Å². The number of nitrogens with one attached hydrogen (secondary N) is 1. The molecule has 2 N–H and O–H groups in total. The summed E-state index contributed by atoms with van der Waals surface area (Å²) in [5, 5.41) is 11.6. The van der Waals surface area contributed by atoms with Crippen LogP contribution in [-0.2, 0) is 14.3 Å². The van der Waals surface area contributed by atoms with Gasteiger partial charge in [-0.2, -0.15) is 13.2 Å². The monoisotopic (exact) mass is 333 g/mol. The standard InChI is InChI=1S/C15H18F3NO4/c1-9(14(21)22)12(11-6-4-3-5-7-11)19-13(20)10(2)23-8-15(16,17)18/h3-7,9-10,12H,8H2,1-2H3,(H,19,20)(H,21,22). The van der Waals surface area contributed by atoms with E-state index in [9.17, 15) is 22.8 Å². The molecule has 128 valence electrons. The van der Waals surface area contributed by atoms with Crippen LogP contribution in [-0.4, -0.2) is 35.9 Å². The summed E-state index contributed by atoms with van der Waals surface area (Å²) in [6.45, 7) is 1.03. The Morgan fingerprint density at radius 1 is 1.22 bits per heavy atom. The summed E-state index contributed by atoms with van der Waals surface area (Å²) < 4.78 is 40.8. The Hall–Kier alpha value is -2.09. The van der Waals surface area contributed by atoms with Crippen LogP contribution in [0.15, 0.2) is 30.3 Å². The van der Waals surface area contributed by atoms with E-state index in [1.54, 1.807) is 30.3 Å². The zero-order chi connectivity index (χ0) is 17.6. The number of carbonyl (C=O) groups is 2. The van der Waals surface area contributed by atoms with Gasteiger partial charge in [0, 0.05) is 0 Å². The van der Waals surface area contributed by atoms with Crippen molar-refractivity contribution in [2.24, 2.45) is 5.92 Å². The molecule has 0 saturated carbocycles. The van der Waals surface area contributed by atoms with Gasteiger partial charge in [0.1, 0.15) is 12.7 Å². The van der Waals surface area contributed by atoms with E-state index in [1.165, 1.54) is 13.8 Å². The predicted molar refractivity (Wildman–Crippen MR) is 75.6 cm³/mol. The van der Waals surface area contributed by atoms with Gasteiger partial charge in [0.25, 0.3) is 0 Å². The molecule has 1 aromatic carbocycles. The molecule has 5 nitrogen and oxygen atoms in total. The molecule has 0 aliphatic carbocycles. The largest absolute Gasteiger partial charge is 0.481 e. The number of amides is 1. The van der Waals surface area contributed by atoms with Crippen LogP contribution in [0.25, 0.3) is 0 Å². The number of rotatable bonds is 7. The molecular weight excluding hydrogens is 315 g/mol. The van der Waals surface area contributed by atoms with Gasteiger partial charge < -0.3 is 15.2 Å². The molecule has 23 heavy (non-hydrogen) atoms. The van der Waals surface area contributed by atoms with Crippen LogP contribution in [0.3, 0.4) is 0 Å². The van der Waals surface area contributed by atoms with Crippen LogP contribution in [0.5, 0.6) is 0 Å². The molecule has 1 amide bonds. The molecule has 0 aromatic heterocycles. The van der Waals surface area contributed by atoms with Crippen molar-refractivity contribution in [3.05, 3.63) is 35.9 Å². The summed E-state index contributed by atoms with van der Waals surface area (Å²) in [5.41, 5.74) is 0.541. The highest BCUT2D eigenvalue weighted by Crippen LogP contribution is 2.23. The number of carboxylic acids is 1. The molecule has 3 atom stereocenters. The van der Waals surface area contributed by atoms with Gasteiger partial charge in [-0.15, -0.1) is 0 Å². The average molecular weight is 333 g/mol. The van der Waals surface area contributed by atoms with Crippen LogP contribution in [0, 0.1) is 5.92 Å². The van der Waals surface area contributed by atoms with Gasteiger partial charge in [-0.1, -0.05) is 30.3 Å². The molecule has 1 rings (SSSR count). The molecule has 0 saturated heterocycles. The number of carbonyl (C=O) groups excluding carboxylic acids is 1. The quantitative estimate of drug-likeness (QED) is 0.804. The first-order chi connectivity index (χ1) is 10.6. The number of hydrogen-bond acceptors (Lipinski definition) is 3. The molecule has 8 heteroatoms. The van der Waals surface area contributed by atoms with Crippen LogP contribution < -0.4 is 5.32 Å². The summed E-state index contributed by atoms with van der Waals surface area (Å²) in [6, 6.07) is 7.46. The Labute approximate surface area is 131 Å². The third-order valence-corrected chi connectivity index (χ3v) is 3.21. The molecule has 0 spiro atoms. The lowest BCUT2D eigenvalue weighted by Crippen LogP contribution is -2.42. The lowest BCUT2D eigenvalue weighted by Gasteiger charge is -2.25. The zero-order valence-electron chi connectivity index (χ0n) is 12.6. The highest BCUT2D eigenvalue weighted by Gasteiger charge is 2.32. The average Bonchev–Trinajstić information content (AvgIpc) is 2.49. The number of aliphatic carboxylic acids is 1. The van der Waals surface area contributed by atoms with Crippen molar-refractivity contribution >= 4 is 11.9 Å². The van der Waals surface area contributed by atoms with Gasteiger partial charge in [0.15, 0.2) is 0 Å². The van der Waals surface area contributed by atoms with Crippen molar-refractivity contribution in [2.75, 3.05) is 6.61 Å². The van der Waals surface area contributed by atoms with Gasteiger partial charge >= 0.3 is 12.1 Å². The predicted octanol–water partition coefficient (Wildman–Crippen LogP) is 2.53. The van der Waals surface area contributed by atoms with Gasteiger partial charge in [-0.3, -0.25) is 9.59 Å². The van der Waals surface area contributed by atoms with Crippen molar-refractivity contribution in [3.63, 3.8) is 0 Å². The second-order valence-electron chi connectivity index (χ2n) is 5.09. The third kappa shape index (κ3) is 6.27. The maximum atomic E-state index is 12.1. The number of ether oxygens (including phenoxy) is 1. The van der Waals surface area contributed by atoms with E-state index in [0.717, 1.165) is 0 Å². The first kappa shape index (κ1) is 19.0. The summed E-state index contributed by atoms with van der Waals surface area (Å²) in [7, 11) is 0. The summed E-state index contributed by atoms with van der Waals surface area (Å²) >= 11 is 0. The molecule has 0 radical (unpaired) electrons. The van der Waals surface area contributed by atoms with Crippen LogP contribution in [0.4, 0.5) is 13.2 Å². The van der Waals surface area contributed by atoms with E-state index in [1.807, 2.05) is 0 Å². The van der Waals surface area contributed by atoms with E-state index < -0.39 is 42.7 Å². The first-order valence-corrected chi connectivity index (χ1v) is 6.88. The molecule has 3 unspecified atom stereocenters. The van der Waals surface area contributed by atoms with E-state index in [0.29, 0.717) is 5.56 Å². The van der Waals surface area contributed by atoms with Gasteiger partial charge in [-0.25, -0.2) is 0 Å². The Morgan fingerprint density at radius 3 is 2.26 bits per heavy atom. The fraction of sp³-hybridized carbons (Fsp3) is 0.467. The van der Waals surface area contributed by atoms with Crippen molar-refractivity contribution in [1.82, 2.24) is 5.32 Å². The molecule has 0 fully saturated rings. The van der Waals surface area contributed by atoms with E-state index in [4.69, 9.17) is 5.11 Å². The van der Waals surface area contributed by atoms with E-state index >= 15 is 0 Å². The van der Waals surface area contributed by atoms with Crippen LogP contribution >= 0.6 is 0 Å². The summed E-state index contributed by atoms with van der Waals surface area (Å²) in [5.74, 6) is -2.91. The molecule has 0 heterocycles. The first-order valence-electron chi connectivity index (χ1n) is 6.88. The van der Waals surface area contributed by atoms with E-state index in [2.05, 4.69) is 10.1 Å². The number of alkyl halides is 3. The lowest BCUT2D eigenvalue weighted by molar-refractivity contribution is -0.185. The van der Waals surface area contributed by atoms with Crippen LogP contribution in [0.1, 0.15) is 25.5 Å². The van der Waals surface area contributed by atoms with Crippen molar-refractivity contribution in [2.45, 2.75) is 32.2 Å². The minimum Gasteiger partial charge on any atom is -0.481 e. The normalized spacial score (nSPS) is 15.5. The second kappa shape index (κ2) is 7.96. The minimum atomic E-state index is -4.54.